The molecule has 1 N–H and O–H groups in total. The molecule has 0 amide bonds. The Bertz CT molecular complexity index is 482. The van der Waals surface area contributed by atoms with Crippen LogP contribution in [-0.4, -0.2) is 10.7 Å². The van der Waals surface area contributed by atoms with Gasteiger partial charge in [-0.2, -0.15) is 0 Å². The van der Waals surface area contributed by atoms with Crippen molar-refractivity contribution in [1.82, 2.24) is 0 Å². The average molecular weight is 387 g/mol. The monoisotopic (exact) mass is 386 g/mol. The molecule has 2 aromatic carbocycles. The van der Waals surface area contributed by atoms with Crippen molar-refractivity contribution in [2.75, 3.05) is 0 Å². The third-order valence-electron chi connectivity index (χ3n) is 3.00. The molecule has 0 saturated heterocycles. The predicted molar refractivity (Wildman–Crippen MR) is 88.6 cm³/mol. The van der Waals surface area contributed by atoms with Gasteiger partial charge in [0.1, 0.15) is 0 Å². The molecule has 0 aliphatic rings. The lowest BCUT2D eigenvalue weighted by Crippen LogP contribution is -2.30. The molecule has 0 radical (unpaired) electrons. The van der Waals surface area contributed by atoms with Gasteiger partial charge in [-0.1, -0.05) is 35.9 Å². The zero-order valence-corrected chi connectivity index (χ0v) is 13.6. The third-order valence-corrected chi connectivity index (χ3v) is 3.97. The van der Waals surface area contributed by atoms with Crippen molar-refractivity contribution in [3.8, 4) is 0 Å². The van der Waals surface area contributed by atoms with Crippen molar-refractivity contribution >= 4 is 34.2 Å². The Morgan fingerprint density at radius 3 is 1.84 bits per heavy atom. The molecule has 0 spiro atoms. The minimum absolute atomic E-state index is 0.621. The topological polar surface area (TPSA) is 20.2 Å². The van der Waals surface area contributed by atoms with E-state index in [1.807, 2.05) is 31.2 Å². The lowest BCUT2D eigenvalue weighted by molar-refractivity contribution is 0.0608. The van der Waals surface area contributed by atoms with Gasteiger partial charge in [-0.25, -0.2) is 0 Å². The number of aliphatic hydroxyl groups is 1. The smallest absolute Gasteiger partial charge is 0.0700 e. The van der Waals surface area contributed by atoms with E-state index < -0.39 is 5.60 Å². The van der Waals surface area contributed by atoms with Crippen LogP contribution in [0.3, 0.4) is 0 Å². The molecule has 1 unspecified atom stereocenters. The molecule has 100 valence electrons. The van der Waals surface area contributed by atoms with Crippen molar-refractivity contribution in [1.29, 1.82) is 0 Å². The van der Waals surface area contributed by atoms with E-state index in [1.165, 1.54) is 3.57 Å². The second-order valence-electron chi connectivity index (χ2n) is 5.10. The summed E-state index contributed by atoms with van der Waals surface area (Å²) >= 11 is 8.14. The van der Waals surface area contributed by atoms with Crippen LogP contribution < -0.4 is 0 Å². The molecule has 3 heteroatoms. The van der Waals surface area contributed by atoms with Crippen molar-refractivity contribution < 1.29 is 5.11 Å². The highest BCUT2D eigenvalue weighted by molar-refractivity contribution is 14.1. The zero-order valence-electron chi connectivity index (χ0n) is 10.7. The summed E-state index contributed by atoms with van der Waals surface area (Å²) in [5.74, 6) is 0. The van der Waals surface area contributed by atoms with E-state index >= 15 is 0 Å². The van der Waals surface area contributed by atoms with Crippen LogP contribution in [0, 0.1) is 3.57 Å². The number of hydrogen-bond acceptors (Lipinski definition) is 1. The van der Waals surface area contributed by atoms with Crippen LogP contribution in [0.1, 0.15) is 18.1 Å². The molecule has 2 rings (SSSR count). The molecule has 0 bridgehead atoms. The summed E-state index contributed by atoms with van der Waals surface area (Å²) in [6, 6.07) is 15.9. The average Bonchev–Trinajstić information content (AvgIpc) is 2.34. The Balaban J connectivity index is 2.05. The summed E-state index contributed by atoms with van der Waals surface area (Å²) in [6.45, 7) is 1.87. The van der Waals surface area contributed by atoms with Crippen molar-refractivity contribution in [3.05, 3.63) is 68.3 Å². The summed E-state index contributed by atoms with van der Waals surface area (Å²) in [5, 5.41) is 11.2. The number of halogens is 2. The first-order valence-electron chi connectivity index (χ1n) is 6.16. The fraction of sp³-hybridized carbons (Fsp3) is 0.250. The van der Waals surface area contributed by atoms with Gasteiger partial charge < -0.3 is 5.11 Å². The van der Waals surface area contributed by atoms with Crippen LogP contribution in [-0.2, 0) is 12.8 Å². The van der Waals surface area contributed by atoms with Gasteiger partial charge in [-0.05, 0) is 64.9 Å². The van der Waals surface area contributed by atoms with E-state index in [0.29, 0.717) is 12.8 Å². The highest BCUT2D eigenvalue weighted by atomic mass is 127. The lowest BCUT2D eigenvalue weighted by atomic mass is 9.90. The van der Waals surface area contributed by atoms with Crippen LogP contribution >= 0.6 is 34.2 Å². The number of rotatable bonds is 4. The first-order valence-corrected chi connectivity index (χ1v) is 7.62. The van der Waals surface area contributed by atoms with E-state index in [0.717, 1.165) is 16.1 Å². The Morgan fingerprint density at radius 2 is 1.37 bits per heavy atom. The molecule has 19 heavy (non-hydrogen) atoms. The number of hydrogen-bond donors (Lipinski definition) is 1. The van der Waals surface area contributed by atoms with Gasteiger partial charge in [0.2, 0.25) is 0 Å². The predicted octanol–water partition coefficient (Wildman–Crippen LogP) is 4.48. The molecule has 1 nitrogen and oxygen atoms in total. The molecule has 0 fully saturated rings. The molecule has 0 aliphatic heterocycles. The molecule has 1 atom stereocenters. The van der Waals surface area contributed by atoms with Gasteiger partial charge in [-0.15, -0.1) is 0 Å². The van der Waals surface area contributed by atoms with Crippen molar-refractivity contribution in [2.45, 2.75) is 25.4 Å². The fourth-order valence-corrected chi connectivity index (χ4v) is 2.63. The third kappa shape index (κ3) is 4.79. The SMILES string of the molecule is CC(O)(Cc1ccc(Cl)cc1)Cc1ccc(I)cc1. The fourth-order valence-electron chi connectivity index (χ4n) is 2.15. The minimum Gasteiger partial charge on any atom is -0.389 e. The van der Waals surface area contributed by atoms with E-state index in [1.54, 1.807) is 0 Å². The van der Waals surface area contributed by atoms with Crippen molar-refractivity contribution in [3.63, 3.8) is 0 Å². The molecular formula is C16H16ClIO. The first-order chi connectivity index (χ1) is 8.94. The van der Waals surface area contributed by atoms with Gasteiger partial charge in [-0.3, -0.25) is 0 Å². The second kappa shape index (κ2) is 6.25. The Hall–Kier alpha value is -0.580. The van der Waals surface area contributed by atoms with E-state index in [9.17, 15) is 5.11 Å². The highest BCUT2D eigenvalue weighted by Gasteiger charge is 2.21. The zero-order chi connectivity index (χ0) is 13.9. The molecule has 0 aliphatic carbocycles. The van der Waals surface area contributed by atoms with E-state index in [4.69, 9.17) is 11.6 Å². The maximum absolute atomic E-state index is 10.5. The minimum atomic E-state index is -0.749. The molecule has 0 heterocycles. The molecule has 2 aromatic rings. The van der Waals surface area contributed by atoms with Crippen LogP contribution in [0.2, 0.25) is 5.02 Å². The highest BCUT2D eigenvalue weighted by Crippen LogP contribution is 2.20. The molecule has 0 saturated carbocycles. The van der Waals surface area contributed by atoms with Crippen LogP contribution in [0.15, 0.2) is 48.5 Å². The van der Waals surface area contributed by atoms with Crippen LogP contribution in [0.4, 0.5) is 0 Å². The van der Waals surface area contributed by atoms with Gasteiger partial charge >= 0.3 is 0 Å². The Morgan fingerprint density at radius 1 is 0.947 bits per heavy atom. The van der Waals surface area contributed by atoms with Gasteiger partial charge in [0.25, 0.3) is 0 Å². The Kier molecular flexibility index (Phi) is 4.87. The van der Waals surface area contributed by atoms with Crippen LogP contribution in [0.5, 0.6) is 0 Å². The quantitative estimate of drug-likeness (QED) is 0.768. The summed E-state index contributed by atoms with van der Waals surface area (Å²) < 4.78 is 1.21. The molecular weight excluding hydrogens is 371 g/mol. The normalized spacial score (nSPS) is 14.1. The van der Waals surface area contributed by atoms with Gasteiger partial charge in [0.15, 0.2) is 0 Å². The summed E-state index contributed by atoms with van der Waals surface area (Å²) in [4.78, 5) is 0. The number of benzene rings is 2. The van der Waals surface area contributed by atoms with Gasteiger partial charge in [0, 0.05) is 21.4 Å². The van der Waals surface area contributed by atoms with E-state index in [-0.39, 0.29) is 0 Å². The summed E-state index contributed by atoms with van der Waals surface area (Å²) in [7, 11) is 0. The first kappa shape index (κ1) is 14.8. The standard InChI is InChI=1S/C16H16ClIO/c1-16(19,10-12-2-6-14(17)7-3-12)11-13-4-8-15(18)9-5-13/h2-9,19H,10-11H2,1H3. The Labute approximate surface area is 132 Å². The van der Waals surface area contributed by atoms with Crippen molar-refractivity contribution in [2.24, 2.45) is 0 Å². The second-order valence-corrected chi connectivity index (χ2v) is 6.79. The summed E-state index contributed by atoms with van der Waals surface area (Å²) in [6.07, 6.45) is 1.27. The maximum Gasteiger partial charge on any atom is 0.0700 e. The maximum atomic E-state index is 10.5. The lowest BCUT2D eigenvalue weighted by Gasteiger charge is -2.23. The van der Waals surface area contributed by atoms with Gasteiger partial charge in [0.05, 0.1) is 5.60 Å². The van der Waals surface area contributed by atoms with Crippen LogP contribution in [0.25, 0.3) is 0 Å². The molecule has 0 aromatic heterocycles. The largest absolute Gasteiger partial charge is 0.389 e. The summed E-state index contributed by atoms with van der Waals surface area (Å²) in [5.41, 5.74) is 1.50. The van der Waals surface area contributed by atoms with E-state index in [2.05, 4.69) is 46.9 Å².